The van der Waals surface area contributed by atoms with Crippen molar-refractivity contribution < 1.29 is 19.1 Å². The van der Waals surface area contributed by atoms with Crippen molar-refractivity contribution in [2.45, 2.75) is 26.4 Å². The van der Waals surface area contributed by atoms with Gasteiger partial charge in [0, 0.05) is 24.6 Å². The van der Waals surface area contributed by atoms with Gasteiger partial charge in [-0.2, -0.15) is 0 Å². The van der Waals surface area contributed by atoms with Gasteiger partial charge in [0.2, 0.25) is 5.91 Å². The lowest BCUT2D eigenvalue weighted by atomic mass is 10.2. The molecular weight excluding hydrogens is 322 g/mol. The van der Waals surface area contributed by atoms with Gasteiger partial charge < -0.3 is 9.64 Å². The molecule has 1 aromatic carbocycles. The van der Waals surface area contributed by atoms with E-state index in [4.69, 9.17) is 4.74 Å². The van der Waals surface area contributed by atoms with Crippen LogP contribution in [-0.2, 0) is 9.53 Å². The minimum absolute atomic E-state index is 0.140. The zero-order valence-corrected chi connectivity index (χ0v) is 14.6. The molecule has 1 heterocycles. The molecule has 1 unspecified atom stereocenters. The second-order valence-corrected chi connectivity index (χ2v) is 7.55. The highest BCUT2D eigenvalue weighted by atomic mass is 16.6. The van der Waals surface area contributed by atoms with Gasteiger partial charge in [-0.15, -0.1) is 0 Å². The molecule has 134 valence electrons. The number of likely N-dealkylation sites (tertiary alicyclic amines) is 1. The number of carbonyl (C=O) groups excluding carboxylic acids is 3. The summed E-state index contributed by atoms with van der Waals surface area (Å²) >= 11 is 0. The van der Waals surface area contributed by atoms with Crippen LogP contribution in [0.3, 0.4) is 0 Å². The molecule has 3 amide bonds. The summed E-state index contributed by atoms with van der Waals surface area (Å²) in [6, 6.07) is 8.68. The summed E-state index contributed by atoms with van der Waals surface area (Å²) in [5, 5.41) is 0. The number of carbonyl (C=O) groups is 3. The average Bonchev–Trinajstić information content (AvgIpc) is 3.05. The number of fused-ring (bicyclic) bond motifs is 1. The lowest BCUT2D eigenvalue weighted by molar-refractivity contribution is -0.124. The fourth-order valence-corrected chi connectivity index (χ4v) is 3.25. The molecule has 0 spiro atoms. The van der Waals surface area contributed by atoms with Crippen molar-refractivity contribution >= 4 is 17.9 Å². The molecule has 1 saturated heterocycles. The molecule has 0 bridgehead atoms. The third-order valence-electron chi connectivity index (χ3n) is 4.48. The third-order valence-corrected chi connectivity index (χ3v) is 4.48. The molecular formula is C18H23N3O4. The number of piperidine rings is 1. The third kappa shape index (κ3) is 3.92. The van der Waals surface area contributed by atoms with Crippen molar-refractivity contribution in [1.82, 2.24) is 15.8 Å². The zero-order chi connectivity index (χ0) is 18.2. The summed E-state index contributed by atoms with van der Waals surface area (Å²) in [5.74, 6) is -0.435. The molecule has 2 aliphatic rings. The molecule has 7 nitrogen and oxygen atoms in total. The number of nitrogens with one attached hydrogen (secondary N) is 2. The maximum atomic E-state index is 12.2. The van der Waals surface area contributed by atoms with E-state index in [-0.39, 0.29) is 35.7 Å². The Balaban J connectivity index is 1.44. The highest BCUT2D eigenvalue weighted by molar-refractivity contribution is 5.95. The topological polar surface area (TPSA) is 87.7 Å². The standard InChI is InChI=1S/C18H23N3O4/c1-18(2,3)25-17(24)21-9-12-13(10-21)14(12)16(23)20-19-15(22)11-7-5-4-6-8-11/h4-8,12-14H,9-10H2,1-3H3,(H,19,22)(H,20,23)/t12-,13+,14?. The van der Waals surface area contributed by atoms with Gasteiger partial charge in [-0.3, -0.25) is 20.4 Å². The Morgan fingerprint density at radius 3 is 2.20 bits per heavy atom. The first-order valence-corrected chi connectivity index (χ1v) is 8.39. The Labute approximate surface area is 146 Å². The summed E-state index contributed by atoms with van der Waals surface area (Å²) < 4.78 is 5.34. The van der Waals surface area contributed by atoms with E-state index >= 15 is 0 Å². The molecule has 7 heteroatoms. The van der Waals surface area contributed by atoms with Crippen molar-refractivity contribution in [2.75, 3.05) is 13.1 Å². The Bertz CT molecular complexity index is 671. The average molecular weight is 345 g/mol. The smallest absolute Gasteiger partial charge is 0.410 e. The van der Waals surface area contributed by atoms with Crippen LogP contribution in [0.1, 0.15) is 31.1 Å². The van der Waals surface area contributed by atoms with Crippen molar-refractivity contribution in [3.63, 3.8) is 0 Å². The highest BCUT2D eigenvalue weighted by Gasteiger charge is 2.60. The van der Waals surface area contributed by atoms with E-state index in [1.807, 2.05) is 26.8 Å². The molecule has 0 radical (unpaired) electrons. The van der Waals surface area contributed by atoms with E-state index in [2.05, 4.69) is 10.9 Å². The number of ether oxygens (including phenoxy) is 1. The number of rotatable bonds is 2. The normalized spacial score (nSPS) is 24.3. The first kappa shape index (κ1) is 17.3. The number of amides is 3. The largest absolute Gasteiger partial charge is 0.444 e. The molecule has 1 aromatic rings. The molecule has 3 atom stereocenters. The summed E-state index contributed by atoms with van der Waals surface area (Å²) in [4.78, 5) is 37.8. The summed E-state index contributed by atoms with van der Waals surface area (Å²) in [7, 11) is 0. The summed E-state index contributed by atoms with van der Waals surface area (Å²) in [5.41, 5.74) is 4.87. The fraction of sp³-hybridized carbons (Fsp3) is 0.500. The highest BCUT2D eigenvalue weighted by Crippen LogP contribution is 2.51. The predicted molar refractivity (Wildman–Crippen MR) is 90.3 cm³/mol. The van der Waals surface area contributed by atoms with Gasteiger partial charge in [-0.1, -0.05) is 18.2 Å². The quantitative estimate of drug-likeness (QED) is 0.796. The lowest BCUT2D eigenvalue weighted by Gasteiger charge is -2.25. The van der Waals surface area contributed by atoms with Crippen LogP contribution in [0.5, 0.6) is 0 Å². The van der Waals surface area contributed by atoms with Crippen LogP contribution in [0.15, 0.2) is 30.3 Å². The van der Waals surface area contributed by atoms with Crippen LogP contribution < -0.4 is 10.9 Å². The molecule has 2 fully saturated rings. The molecule has 1 aliphatic heterocycles. The maximum Gasteiger partial charge on any atom is 0.410 e. The number of hydrogen-bond acceptors (Lipinski definition) is 4. The van der Waals surface area contributed by atoms with E-state index in [0.717, 1.165) is 0 Å². The van der Waals surface area contributed by atoms with Crippen LogP contribution in [0.25, 0.3) is 0 Å². The molecule has 25 heavy (non-hydrogen) atoms. The van der Waals surface area contributed by atoms with E-state index in [0.29, 0.717) is 18.7 Å². The van der Waals surface area contributed by atoms with Gasteiger partial charge >= 0.3 is 6.09 Å². The van der Waals surface area contributed by atoms with Crippen LogP contribution in [-0.4, -0.2) is 41.5 Å². The van der Waals surface area contributed by atoms with Gasteiger partial charge in [-0.05, 0) is 44.7 Å². The van der Waals surface area contributed by atoms with Crippen molar-refractivity contribution in [1.29, 1.82) is 0 Å². The molecule has 1 saturated carbocycles. The molecule has 1 aliphatic carbocycles. The summed E-state index contributed by atoms with van der Waals surface area (Å²) in [6.07, 6.45) is -0.337. The van der Waals surface area contributed by atoms with E-state index in [1.54, 1.807) is 29.2 Å². The van der Waals surface area contributed by atoms with Crippen LogP contribution in [0.2, 0.25) is 0 Å². The first-order valence-electron chi connectivity index (χ1n) is 8.39. The van der Waals surface area contributed by atoms with Gasteiger partial charge in [0.05, 0.1) is 0 Å². The van der Waals surface area contributed by atoms with E-state index in [1.165, 1.54) is 0 Å². The number of nitrogens with zero attached hydrogens (tertiary/aromatic N) is 1. The van der Waals surface area contributed by atoms with Crippen LogP contribution in [0, 0.1) is 17.8 Å². The Morgan fingerprint density at radius 1 is 1.04 bits per heavy atom. The van der Waals surface area contributed by atoms with Crippen LogP contribution in [0.4, 0.5) is 4.79 Å². The minimum Gasteiger partial charge on any atom is -0.444 e. The van der Waals surface area contributed by atoms with Crippen molar-refractivity contribution in [3.05, 3.63) is 35.9 Å². The monoisotopic (exact) mass is 345 g/mol. The first-order chi connectivity index (χ1) is 11.8. The van der Waals surface area contributed by atoms with Gasteiger partial charge in [0.1, 0.15) is 5.60 Å². The van der Waals surface area contributed by atoms with Gasteiger partial charge in [-0.25, -0.2) is 4.79 Å². The number of hydrazine groups is 1. The second-order valence-electron chi connectivity index (χ2n) is 7.55. The Hall–Kier alpha value is -2.57. The van der Waals surface area contributed by atoms with Crippen LogP contribution >= 0.6 is 0 Å². The Morgan fingerprint density at radius 2 is 1.64 bits per heavy atom. The van der Waals surface area contributed by atoms with Crippen molar-refractivity contribution in [2.24, 2.45) is 17.8 Å². The Kier molecular flexibility index (Phi) is 4.41. The number of hydrogen-bond donors (Lipinski definition) is 2. The van der Waals surface area contributed by atoms with Gasteiger partial charge in [0.25, 0.3) is 5.91 Å². The fourth-order valence-electron chi connectivity index (χ4n) is 3.25. The van der Waals surface area contributed by atoms with Gasteiger partial charge in [0.15, 0.2) is 0 Å². The molecule has 2 N–H and O–H groups in total. The SMILES string of the molecule is CC(C)(C)OC(=O)N1C[C@@H]2C(C(=O)NNC(=O)c3ccccc3)[C@@H]2C1. The lowest BCUT2D eigenvalue weighted by Crippen LogP contribution is -2.44. The predicted octanol–water partition coefficient (Wildman–Crippen LogP) is 1.56. The van der Waals surface area contributed by atoms with E-state index in [9.17, 15) is 14.4 Å². The van der Waals surface area contributed by atoms with Crippen molar-refractivity contribution in [3.8, 4) is 0 Å². The maximum absolute atomic E-state index is 12.2. The van der Waals surface area contributed by atoms with E-state index < -0.39 is 5.60 Å². The molecule has 0 aromatic heterocycles. The minimum atomic E-state index is -0.525. The second kappa shape index (κ2) is 6.38. The summed E-state index contributed by atoms with van der Waals surface area (Å²) in [6.45, 7) is 6.52. The number of benzene rings is 1. The zero-order valence-electron chi connectivity index (χ0n) is 14.6. The molecule has 3 rings (SSSR count).